The molecule has 0 saturated heterocycles. The van der Waals surface area contributed by atoms with Gasteiger partial charge in [-0.05, 0) is 26.3 Å². The summed E-state index contributed by atoms with van der Waals surface area (Å²) in [5.74, 6) is 0.516. The number of aryl methyl sites for hydroxylation is 3. The van der Waals surface area contributed by atoms with Crippen molar-refractivity contribution >= 4 is 5.97 Å². The van der Waals surface area contributed by atoms with Crippen molar-refractivity contribution in [1.82, 2.24) is 4.98 Å². The number of nitrogens with zero attached hydrogens (tertiary/aromatic N) is 1. The van der Waals surface area contributed by atoms with E-state index < -0.39 is 5.97 Å². The van der Waals surface area contributed by atoms with Gasteiger partial charge >= 0.3 is 5.97 Å². The molecule has 1 N–H and O–H groups in total. The number of carboxylic acid groups (broad SMARTS) is 1. The molecule has 5 nitrogen and oxygen atoms in total. The van der Waals surface area contributed by atoms with E-state index in [2.05, 4.69) is 4.98 Å². The first kappa shape index (κ1) is 11.4. The number of aromatic nitrogens is 1. The summed E-state index contributed by atoms with van der Waals surface area (Å²) < 4.78 is 10.6. The third-order valence-electron chi connectivity index (χ3n) is 2.50. The predicted molar refractivity (Wildman–Crippen MR) is 60.0 cm³/mol. The summed E-state index contributed by atoms with van der Waals surface area (Å²) in [6.45, 7) is 5.44. The Kier molecular flexibility index (Phi) is 2.75. The SMILES string of the molecule is CCc1nc(-c2cc(C)oc2C)oc1C(=O)O. The van der Waals surface area contributed by atoms with Gasteiger partial charge in [-0.1, -0.05) is 6.92 Å². The highest BCUT2D eigenvalue weighted by molar-refractivity contribution is 5.86. The van der Waals surface area contributed by atoms with Crippen LogP contribution in [0.15, 0.2) is 14.9 Å². The van der Waals surface area contributed by atoms with Crippen LogP contribution in [0.2, 0.25) is 0 Å². The van der Waals surface area contributed by atoms with Gasteiger partial charge in [0, 0.05) is 0 Å². The lowest BCUT2D eigenvalue weighted by Crippen LogP contribution is -1.98. The van der Waals surface area contributed by atoms with E-state index in [-0.39, 0.29) is 5.76 Å². The van der Waals surface area contributed by atoms with Gasteiger partial charge in [0.05, 0.1) is 11.3 Å². The highest BCUT2D eigenvalue weighted by Crippen LogP contribution is 2.28. The number of furan rings is 1. The quantitative estimate of drug-likeness (QED) is 0.885. The van der Waals surface area contributed by atoms with Crippen molar-refractivity contribution in [3.63, 3.8) is 0 Å². The van der Waals surface area contributed by atoms with Gasteiger partial charge < -0.3 is 13.9 Å². The van der Waals surface area contributed by atoms with Gasteiger partial charge in [-0.2, -0.15) is 0 Å². The number of aromatic carboxylic acids is 1. The second-order valence-corrected chi connectivity index (χ2v) is 3.78. The fourth-order valence-electron chi connectivity index (χ4n) is 1.72. The summed E-state index contributed by atoms with van der Waals surface area (Å²) in [5.41, 5.74) is 1.15. The molecule has 0 radical (unpaired) electrons. The minimum atomic E-state index is -1.10. The smallest absolute Gasteiger partial charge is 0.373 e. The molecule has 0 aromatic carbocycles. The lowest BCUT2D eigenvalue weighted by Gasteiger charge is -1.90. The maximum Gasteiger partial charge on any atom is 0.373 e. The molecule has 5 heteroatoms. The fraction of sp³-hybridized carbons (Fsp3) is 0.333. The normalized spacial score (nSPS) is 10.8. The number of oxazole rings is 1. The number of carbonyl (C=O) groups is 1. The number of rotatable bonds is 3. The van der Waals surface area contributed by atoms with E-state index in [1.807, 2.05) is 13.8 Å². The second-order valence-electron chi connectivity index (χ2n) is 3.78. The zero-order valence-corrected chi connectivity index (χ0v) is 9.90. The molecule has 0 bridgehead atoms. The molecule has 0 unspecified atom stereocenters. The Balaban J connectivity index is 2.53. The van der Waals surface area contributed by atoms with E-state index in [0.717, 1.165) is 5.76 Å². The Labute approximate surface area is 98.1 Å². The topological polar surface area (TPSA) is 76.5 Å². The molecule has 17 heavy (non-hydrogen) atoms. The summed E-state index contributed by atoms with van der Waals surface area (Å²) in [4.78, 5) is 15.1. The lowest BCUT2D eigenvalue weighted by molar-refractivity contribution is 0.0662. The van der Waals surface area contributed by atoms with Crippen LogP contribution in [0, 0.1) is 13.8 Å². The molecule has 0 aliphatic rings. The number of carboxylic acids is 1. The second kappa shape index (κ2) is 4.08. The van der Waals surface area contributed by atoms with Gasteiger partial charge in [0.15, 0.2) is 0 Å². The molecular weight excluding hydrogens is 222 g/mol. The van der Waals surface area contributed by atoms with Crippen molar-refractivity contribution in [2.24, 2.45) is 0 Å². The van der Waals surface area contributed by atoms with Gasteiger partial charge in [0.2, 0.25) is 11.7 Å². The monoisotopic (exact) mass is 235 g/mol. The van der Waals surface area contributed by atoms with E-state index >= 15 is 0 Å². The van der Waals surface area contributed by atoms with E-state index in [9.17, 15) is 4.79 Å². The fourth-order valence-corrected chi connectivity index (χ4v) is 1.72. The molecule has 2 heterocycles. The zero-order chi connectivity index (χ0) is 12.6. The largest absolute Gasteiger partial charge is 0.475 e. The first-order valence-electron chi connectivity index (χ1n) is 5.33. The van der Waals surface area contributed by atoms with Crippen molar-refractivity contribution in [3.05, 3.63) is 29.0 Å². The van der Waals surface area contributed by atoms with E-state index in [0.29, 0.717) is 29.3 Å². The first-order valence-corrected chi connectivity index (χ1v) is 5.33. The standard InChI is InChI=1S/C12H13NO4/c1-4-9-10(12(14)15)17-11(13-9)8-5-6(2)16-7(8)3/h5H,4H2,1-3H3,(H,14,15). The molecule has 0 atom stereocenters. The van der Waals surface area contributed by atoms with Gasteiger partial charge in [0.1, 0.15) is 11.5 Å². The summed E-state index contributed by atoms with van der Waals surface area (Å²) in [5, 5.41) is 8.97. The van der Waals surface area contributed by atoms with Crippen LogP contribution >= 0.6 is 0 Å². The Morgan fingerprint density at radius 1 is 1.41 bits per heavy atom. The molecule has 0 spiro atoms. The van der Waals surface area contributed by atoms with Crippen LogP contribution < -0.4 is 0 Å². The third-order valence-corrected chi connectivity index (χ3v) is 2.50. The summed E-state index contributed by atoms with van der Waals surface area (Å²) in [6.07, 6.45) is 0.515. The van der Waals surface area contributed by atoms with Crippen LogP contribution in [0.25, 0.3) is 11.5 Å². The van der Waals surface area contributed by atoms with Crippen molar-refractivity contribution in [2.45, 2.75) is 27.2 Å². The van der Waals surface area contributed by atoms with Crippen LogP contribution in [-0.4, -0.2) is 16.1 Å². The van der Waals surface area contributed by atoms with Crippen molar-refractivity contribution in [3.8, 4) is 11.5 Å². The Morgan fingerprint density at radius 2 is 2.12 bits per heavy atom. The molecule has 0 aliphatic carbocycles. The molecule has 0 amide bonds. The molecule has 2 rings (SSSR count). The number of hydrogen-bond donors (Lipinski definition) is 1. The molecule has 0 aliphatic heterocycles. The van der Waals surface area contributed by atoms with Crippen LogP contribution in [0.4, 0.5) is 0 Å². The van der Waals surface area contributed by atoms with E-state index in [1.165, 1.54) is 0 Å². The molecular formula is C12H13NO4. The average Bonchev–Trinajstić information content (AvgIpc) is 2.81. The number of hydrogen-bond acceptors (Lipinski definition) is 4. The zero-order valence-electron chi connectivity index (χ0n) is 9.90. The summed E-state index contributed by atoms with van der Waals surface area (Å²) in [6, 6.07) is 1.78. The van der Waals surface area contributed by atoms with Crippen LogP contribution in [0.1, 0.15) is 34.7 Å². The minimum absolute atomic E-state index is 0.0965. The Hall–Kier alpha value is -2.04. The van der Waals surface area contributed by atoms with Crippen LogP contribution in [-0.2, 0) is 6.42 Å². The predicted octanol–water partition coefficient (Wildman–Crippen LogP) is 2.81. The van der Waals surface area contributed by atoms with Crippen LogP contribution in [0.5, 0.6) is 0 Å². The maximum absolute atomic E-state index is 11.0. The van der Waals surface area contributed by atoms with Gasteiger partial charge in [-0.3, -0.25) is 0 Å². The summed E-state index contributed by atoms with van der Waals surface area (Å²) in [7, 11) is 0. The molecule has 90 valence electrons. The minimum Gasteiger partial charge on any atom is -0.475 e. The maximum atomic E-state index is 11.0. The van der Waals surface area contributed by atoms with E-state index in [1.54, 1.807) is 13.0 Å². The highest BCUT2D eigenvalue weighted by atomic mass is 16.4. The third kappa shape index (κ3) is 1.95. The van der Waals surface area contributed by atoms with Crippen molar-refractivity contribution < 1.29 is 18.7 Å². The van der Waals surface area contributed by atoms with Crippen LogP contribution in [0.3, 0.4) is 0 Å². The first-order chi connectivity index (χ1) is 8.02. The van der Waals surface area contributed by atoms with Gasteiger partial charge in [-0.25, -0.2) is 9.78 Å². The van der Waals surface area contributed by atoms with Gasteiger partial charge in [-0.15, -0.1) is 0 Å². The Morgan fingerprint density at radius 3 is 2.53 bits per heavy atom. The molecule has 2 aromatic rings. The van der Waals surface area contributed by atoms with Crippen molar-refractivity contribution in [2.75, 3.05) is 0 Å². The van der Waals surface area contributed by atoms with Gasteiger partial charge in [0.25, 0.3) is 0 Å². The highest BCUT2D eigenvalue weighted by Gasteiger charge is 2.21. The molecule has 0 saturated carbocycles. The summed E-state index contributed by atoms with van der Waals surface area (Å²) >= 11 is 0. The van der Waals surface area contributed by atoms with Crippen molar-refractivity contribution in [1.29, 1.82) is 0 Å². The lowest BCUT2D eigenvalue weighted by atomic mass is 10.2. The molecule has 2 aromatic heterocycles. The molecule has 0 fully saturated rings. The van der Waals surface area contributed by atoms with E-state index in [4.69, 9.17) is 13.9 Å². The Bertz CT molecular complexity index is 565. The average molecular weight is 235 g/mol.